The van der Waals surface area contributed by atoms with Gasteiger partial charge >= 0.3 is 0 Å². The summed E-state index contributed by atoms with van der Waals surface area (Å²) in [6.45, 7) is 6.09. The van der Waals surface area contributed by atoms with E-state index in [4.69, 9.17) is 15.9 Å². The van der Waals surface area contributed by atoms with E-state index >= 15 is 0 Å². The molecule has 0 aromatic heterocycles. The van der Waals surface area contributed by atoms with Crippen molar-refractivity contribution in [3.63, 3.8) is 0 Å². The van der Waals surface area contributed by atoms with Gasteiger partial charge in [-0.2, -0.15) is 0 Å². The fourth-order valence-corrected chi connectivity index (χ4v) is 2.30. The maximum atomic E-state index is 13.1. The normalized spacial score (nSPS) is 10.5. The van der Waals surface area contributed by atoms with Crippen molar-refractivity contribution in [3.8, 4) is 5.75 Å². The Hall–Kier alpha value is -2.36. The number of nitrogens with two attached hydrogens (primary N) is 1. The third kappa shape index (κ3) is 3.40. The van der Waals surface area contributed by atoms with Gasteiger partial charge in [-0.3, -0.25) is 5.41 Å². The Kier molecular flexibility index (Phi) is 4.26. The van der Waals surface area contributed by atoms with Crippen LogP contribution in [0.5, 0.6) is 5.75 Å². The molecule has 0 spiro atoms. The topological polar surface area (TPSA) is 59.1 Å². The van der Waals surface area contributed by atoms with E-state index in [1.807, 2.05) is 32.9 Å². The first-order valence-electron chi connectivity index (χ1n) is 6.72. The number of ether oxygens (including phenoxy) is 1. The van der Waals surface area contributed by atoms with E-state index in [-0.39, 0.29) is 11.7 Å². The highest BCUT2D eigenvalue weighted by Crippen LogP contribution is 2.26. The molecule has 2 rings (SSSR count). The van der Waals surface area contributed by atoms with Gasteiger partial charge in [0.25, 0.3) is 0 Å². The molecule has 0 aliphatic heterocycles. The summed E-state index contributed by atoms with van der Waals surface area (Å²) in [6.07, 6.45) is 0. The standard InChI is InChI=1S/C17H19FN2O/c1-10-8-15(18)5-4-13(10)9-21-16-11(2)6-14(17(19)20)7-12(16)3/h4-8H,9H2,1-3H3,(H3,19,20). The third-order valence-corrected chi connectivity index (χ3v) is 3.45. The molecule has 21 heavy (non-hydrogen) atoms. The number of amidine groups is 1. The average molecular weight is 286 g/mol. The molecule has 0 bridgehead atoms. The van der Waals surface area contributed by atoms with Crippen molar-refractivity contribution in [2.45, 2.75) is 27.4 Å². The van der Waals surface area contributed by atoms with Gasteiger partial charge in [-0.25, -0.2) is 4.39 Å². The van der Waals surface area contributed by atoms with Crippen LogP contribution in [-0.4, -0.2) is 5.84 Å². The summed E-state index contributed by atoms with van der Waals surface area (Å²) in [7, 11) is 0. The molecule has 0 saturated heterocycles. The smallest absolute Gasteiger partial charge is 0.125 e. The second kappa shape index (κ2) is 5.95. The number of aryl methyl sites for hydroxylation is 3. The number of nitrogen functional groups attached to an aromatic ring is 1. The number of hydrogen-bond donors (Lipinski definition) is 2. The van der Waals surface area contributed by atoms with Gasteiger partial charge in [0.15, 0.2) is 0 Å². The van der Waals surface area contributed by atoms with Crippen molar-refractivity contribution >= 4 is 5.84 Å². The van der Waals surface area contributed by atoms with Crippen molar-refractivity contribution in [1.82, 2.24) is 0 Å². The molecule has 2 aromatic rings. The number of benzene rings is 2. The summed E-state index contributed by atoms with van der Waals surface area (Å²) in [4.78, 5) is 0. The zero-order valence-electron chi connectivity index (χ0n) is 12.5. The maximum Gasteiger partial charge on any atom is 0.125 e. The molecule has 0 saturated carbocycles. The molecule has 0 amide bonds. The Bertz CT molecular complexity index is 672. The maximum absolute atomic E-state index is 13.1. The minimum absolute atomic E-state index is 0.0436. The molecule has 0 atom stereocenters. The quantitative estimate of drug-likeness (QED) is 0.666. The van der Waals surface area contributed by atoms with Crippen LogP contribution in [0.2, 0.25) is 0 Å². The predicted octanol–water partition coefficient (Wildman–Crippen LogP) is 3.61. The fraction of sp³-hybridized carbons (Fsp3) is 0.235. The van der Waals surface area contributed by atoms with E-state index < -0.39 is 0 Å². The zero-order chi connectivity index (χ0) is 15.6. The second-order valence-electron chi connectivity index (χ2n) is 5.21. The Labute approximate surface area is 124 Å². The van der Waals surface area contributed by atoms with Crippen molar-refractivity contribution in [2.24, 2.45) is 5.73 Å². The molecule has 4 heteroatoms. The lowest BCUT2D eigenvalue weighted by atomic mass is 10.0. The summed E-state index contributed by atoms with van der Waals surface area (Å²) in [6, 6.07) is 8.34. The van der Waals surface area contributed by atoms with Gasteiger partial charge in [-0.15, -0.1) is 0 Å². The molecule has 0 aliphatic carbocycles. The van der Waals surface area contributed by atoms with Crippen LogP contribution in [0.1, 0.15) is 27.8 Å². The molecule has 110 valence electrons. The molecule has 2 aromatic carbocycles. The van der Waals surface area contributed by atoms with E-state index in [2.05, 4.69) is 0 Å². The van der Waals surface area contributed by atoms with Gasteiger partial charge in [0.05, 0.1) is 0 Å². The van der Waals surface area contributed by atoms with Gasteiger partial charge in [-0.05, 0) is 67.3 Å². The van der Waals surface area contributed by atoms with Crippen LogP contribution in [0, 0.1) is 32.0 Å². The van der Waals surface area contributed by atoms with Crippen LogP contribution in [-0.2, 0) is 6.61 Å². The van der Waals surface area contributed by atoms with Gasteiger partial charge < -0.3 is 10.5 Å². The number of nitrogens with one attached hydrogen (secondary N) is 1. The molecule has 0 aliphatic rings. The van der Waals surface area contributed by atoms with Crippen LogP contribution in [0.3, 0.4) is 0 Å². The SMILES string of the molecule is Cc1cc(F)ccc1COc1c(C)cc(C(=N)N)cc1C. The molecular weight excluding hydrogens is 267 g/mol. The summed E-state index contributed by atoms with van der Waals surface area (Å²) in [5.74, 6) is 0.584. The molecule has 3 nitrogen and oxygen atoms in total. The number of halogens is 1. The molecule has 0 heterocycles. The largest absolute Gasteiger partial charge is 0.488 e. The molecule has 0 unspecified atom stereocenters. The van der Waals surface area contributed by atoms with Gasteiger partial charge in [0, 0.05) is 5.56 Å². The summed E-state index contributed by atoms with van der Waals surface area (Å²) in [5.41, 5.74) is 9.87. The lowest BCUT2D eigenvalue weighted by Crippen LogP contribution is -2.12. The summed E-state index contributed by atoms with van der Waals surface area (Å²) < 4.78 is 19.0. The van der Waals surface area contributed by atoms with E-state index in [0.717, 1.165) is 28.0 Å². The summed E-state index contributed by atoms with van der Waals surface area (Å²) >= 11 is 0. The molecule has 0 radical (unpaired) electrons. The number of rotatable bonds is 4. The van der Waals surface area contributed by atoms with E-state index in [9.17, 15) is 4.39 Å². The Morgan fingerprint density at radius 3 is 2.24 bits per heavy atom. The molecular formula is C17H19FN2O. The fourth-order valence-electron chi connectivity index (χ4n) is 2.30. The first-order valence-corrected chi connectivity index (χ1v) is 6.72. The Balaban J connectivity index is 2.22. The monoisotopic (exact) mass is 286 g/mol. The predicted molar refractivity (Wildman–Crippen MR) is 82.4 cm³/mol. The minimum Gasteiger partial charge on any atom is -0.488 e. The van der Waals surface area contributed by atoms with Gasteiger partial charge in [0.2, 0.25) is 0 Å². The zero-order valence-corrected chi connectivity index (χ0v) is 12.5. The molecule has 0 fully saturated rings. The molecule has 3 N–H and O–H groups in total. The van der Waals surface area contributed by atoms with E-state index in [1.54, 1.807) is 6.07 Å². The first-order chi connectivity index (χ1) is 9.88. The Morgan fingerprint density at radius 1 is 1.10 bits per heavy atom. The summed E-state index contributed by atoms with van der Waals surface area (Å²) in [5, 5.41) is 7.49. The first kappa shape index (κ1) is 15.0. The van der Waals surface area contributed by atoms with E-state index in [1.165, 1.54) is 12.1 Å². The van der Waals surface area contributed by atoms with Crippen LogP contribution < -0.4 is 10.5 Å². The third-order valence-electron chi connectivity index (χ3n) is 3.45. The highest BCUT2D eigenvalue weighted by Gasteiger charge is 2.09. The van der Waals surface area contributed by atoms with Crippen molar-refractivity contribution in [1.29, 1.82) is 5.41 Å². The Morgan fingerprint density at radius 2 is 1.71 bits per heavy atom. The van der Waals surface area contributed by atoms with Crippen molar-refractivity contribution < 1.29 is 9.13 Å². The van der Waals surface area contributed by atoms with Crippen LogP contribution in [0.15, 0.2) is 30.3 Å². The van der Waals surface area contributed by atoms with Gasteiger partial charge in [0.1, 0.15) is 24.0 Å². The lowest BCUT2D eigenvalue weighted by Gasteiger charge is -2.15. The van der Waals surface area contributed by atoms with Gasteiger partial charge in [-0.1, -0.05) is 6.07 Å². The average Bonchev–Trinajstić information content (AvgIpc) is 2.39. The van der Waals surface area contributed by atoms with Crippen molar-refractivity contribution in [3.05, 3.63) is 64.0 Å². The lowest BCUT2D eigenvalue weighted by molar-refractivity contribution is 0.301. The van der Waals surface area contributed by atoms with Crippen LogP contribution >= 0.6 is 0 Å². The second-order valence-corrected chi connectivity index (χ2v) is 5.21. The minimum atomic E-state index is -0.241. The highest BCUT2D eigenvalue weighted by atomic mass is 19.1. The van der Waals surface area contributed by atoms with Crippen molar-refractivity contribution in [2.75, 3.05) is 0 Å². The van der Waals surface area contributed by atoms with E-state index in [0.29, 0.717) is 12.2 Å². The highest BCUT2D eigenvalue weighted by molar-refractivity contribution is 5.95. The van der Waals surface area contributed by atoms with Crippen LogP contribution in [0.25, 0.3) is 0 Å². The van der Waals surface area contributed by atoms with Crippen LogP contribution in [0.4, 0.5) is 4.39 Å². The number of hydrogen-bond acceptors (Lipinski definition) is 2.